The van der Waals surface area contributed by atoms with Crippen LogP contribution >= 0.6 is 0 Å². The number of hydrogen-bond acceptors (Lipinski definition) is 4. The Balaban J connectivity index is 2.06. The second-order valence-electron chi connectivity index (χ2n) is 4.15. The maximum atomic E-state index is 11.5. The molecule has 2 rings (SSSR count). The van der Waals surface area contributed by atoms with Crippen molar-refractivity contribution in [3.63, 3.8) is 0 Å². The van der Waals surface area contributed by atoms with E-state index in [1.807, 2.05) is 0 Å². The van der Waals surface area contributed by atoms with Gasteiger partial charge < -0.3 is 10.3 Å². The molecular formula is C12H14N4O3. The summed E-state index contributed by atoms with van der Waals surface area (Å²) in [7, 11) is 0. The van der Waals surface area contributed by atoms with Gasteiger partial charge in [-0.05, 0) is 12.5 Å². The van der Waals surface area contributed by atoms with Gasteiger partial charge in [0, 0.05) is 43.2 Å². The Bertz CT molecular complexity index is 741. The molecule has 2 aromatic heterocycles. The highest BCUT2D eigenvalue weighted by atomic mass is 16.2. The average molecular weight is 262 g/mol. The Morgan fingerprint density at radius 1 is 1.00 bits per heavy atom. The van der Waals surface area contributed by atoms with Gasteiger partial charge >= 0.3 is 0 Å². The summed E-state index contributed by atoms with van der Waals surface area (Å²) in [6.07, 6.45) is 2.09. The number of hydrogen-bond donors (Lipinski definition) is 2. The predicted octanol–water partition coefficient (Wildman–Crippen LogP) is -0.629. The number of H-pyrrole nitrogens is 1. The van der Waals surface area contributed by atoms with Gasteiger partial charge in [0.05, 0.1) is 0 Å². The van der Waals surface area contributed by atoms with Crippen LogP contribution in [0.1, 0.15) is 6.42 Å². The molecule has 0 fully saturated rings. The third kappa shape index (κ3) is 3.21. The number of anilines is 1. The first-order valence-corrected chi connectivity index (χ1v) is 5.82. The maximum Gasteiger partial charge on any atom is 0.265 e. The Kier molecular flexibility index (Phi) is 3.65. The molecular weight excluding hydrogens is 248 g/mol. The fraction of sp³-hybridized carbons (Fsp3) is 0.250. The number of nitrogens with two attached hydrogens (primary N) is 1. The van der Waals surface area contributed by atoms with Crippen molar-refractivity contribution in [2.45, 2.75) is 19.5 Å². The number of nitrogens with one attached hydrogen (secondary N) is 1. The molecule has 19 heavy (non-hydrogen) atoms. The number of nitrogen functional groups attached to an aromatic ring is 1. The zero-order valence-electron chi connectivity index (χ0n) is 10.2. The van der Waals surface area contributed by atoms with Gasteiger partial charge in [0.15, 0.2) is 0 Å². The summed E-state index contributed by atoms with van der Waals surface area (Å²) in [5.41, 5.74) is 5.34. The number of aromatic nitrogens is 3. The summed E-state index contributed by atoms with van der Waals surface area (Å²) in [6, 6.07) is 5.33. The third-order valence-corrected chi connectivity index (χ3v) is 2.68. The molecule has 2 heterocycles. The Labute approximate surface area is 107 Å². The summed E-state index contributed by atoms with van der Waals surface area (Å²) >= 11 is 0. The Hall–Kier alpha value is -2.57. The van der Waals surface area contributed by atoms with Crippen molar-refractivity contribution < 1.29 is 0 Å². The van der Waals surface area contributed by atoms with Crippen LogP contribution < -0.4 is 22.4 Å². The van der Waals surface area contributed by atoms with Crippen molar-refractivity contribution in [2.75, 3.05) is 5.73 Å². The van der Waals surface area contributed by atoms with Gasteiger partial charge in [-0.2, -0.15) is 0 Å². The molecule has 0 aromatic carbocycles. The molecule has 0 atom stereocenters. The summed E-state index contributed by atoms with van der Waals surface area (Å²) in [5, 5.41) is 2.42. The highest BCUT2D eigenvalue weighted by molar-refractivity contribution is 5.33. The highest BCUT2D eigenvalue weighted by Gasteiger charge is 1.99. The molecule has 7 nitrogen and oxygen atoms in total. The van der Waals surface area contributed by atoms with Crippen LogP contribution in [-0.2, 0) is 13.1 Å². The zero-order valence-corrected chi connectivity index (χ0v) is 10.2. The quantitative estimate of drug-likeness (QED) is 0.765. The van der Waals surface area contributed by atoms with Crippen molar-refractivity contribution in [3.8, 4) is 0 Å². The molecule has 0 unspecified atom stereocenters. The van der Waals surface area contributed by atoms with Crippen molar-refractivity contribution >= 4 is 5.69 Å². The van der Waals surface area contributed by atoms with E-state index in [1.54, 1.807) is 6.20 Å². The molecule has 3 N–H and O–H groups in total. The molecule has 0 aliphatic carbocycles. The fourth-order valence-electron chi connectivity index (χ4n) is 1.75. The Morgan fingerprint density at radius 3 is 2.53 bits per heavy atom. The lowest BCUT2D eigenvalue weighted by Gasteiger charge is -2.07. The van der Waals surface area contributed by atoms with Crippen LogP contribution in [0.4, 0.5) is 5.69 Å². The normalized spacial score (nSPS) is 10.5. The number of pyridine rings is 1. The SMILES string of the molecule is Nc1ccc(=O)n(CCCn2[nH]c(=O)ccc2=O)c1. The van der Waals surface area contributed by atoms with Gasteiger partial charge in [0.2, 0.25) is 0 Å². The van der Waals surface area contributed by atoms with E-state index >= 15 is 0 Å². The van der Waals surface area contributed by atoms with Gasteiger partial charge in [-0.1, -0.05) is 0 Å². The van der Waals surface area contributed by atoms with E-state index in [4.69, 9.17) is 5.73 Å². The number of aryl methyl sites for hydroxylation is 2. The smallest absolute Gasteiger partial charge is 0.265 e. The van der Waals surface area contributed by atoms with E-state index in [1.165, 1.54) is 33.5 Å². The van der Waals surface area contributed by atoms with Crippen LogP contribution in [0.15, 0.2) is 44.8 Å². The zero-order chi connectivity index (χ0) is 13.8. The largest absolute Gasteiger partial charge is 0.398 e. The van der Waals surface area contributed by atoms with Crippen LogP contribution in [0, 0.1) is 0 Å². The van der Waals surface area contributed by atoms with Gasteiger partial charge in [-0.25, -0.2) is 0 Å². The van der Waals surface area contributed by atoms with Gasteiger partial charge in [-0.3, -0.25) is 24.2 Å². The summed E-state index contributed by atoms with van der Waals surface area (Å²) in [6.45, 7) is 0.753. The average Bonchev–Trinajstić information content (AvgIpc) is 2.38. The van der Waals surface area contributed by atoms with E-state index < -0.39 is 0 Å². The highest BCUT2D eigenvalue weighted by Crippen LogP contribution is 1.97. The van der Waals surface area contributed by atoms with Gasteiger partial charge in [0.25, 0.3) is 16.7 Å². The summed E-state index contributed by atoms with van der Waals surface area (Å²) < 4.78 is 2.70. The van der Waals surface area contributed by atoms with Crippen LogP contribution in [0.2, 0.25) is 0 Å². The van der Waals surface area contributed by atoms with E-state index in [0.717, 1.165) is 0 Å². The predicted molar refractivity (Wildman–Crippen MR) is 71.1 cm³/mol. The lowest BCUT2D eigenvalue weighted by molar-refractivity contribution is 0.497. The summed E-state index contributed by atoms with van der Waals surface area (Å²) in [5.74, 6) is 0. The van der Waals surface area contributed by atoms with Crippen molar-refractivity contribution in [2.24, 2.45) is 0 Å². The van der Waals surface area contributed by atoms with E-state index in [0.29, 0.717) is 25.2 Å². The molecule has 0 aliphatic rings. The first kappa shape index (κ1) is 12.9. The van der Waals surface area contributed by atoms with E-state index in [2.05, 4.69) is 5.10 Å². The van der Waals surface area contributed by atoms with Crippen LogP contribution in [-0.4, -0.2) is 14.3 Å². The second kappa shape index (κ2) is 5.38. The van der Waals surface area contributed by atoms with Crippen LogP contribution in [0.3, 0.4) is 0 Å². The molecule has 100 valence electrons. The molecule has 0 radical (unpaired) electrons. The minimum absolute atomic E-state index is 0.150. The standard InChI is InChI=1S/C12H14N4O3/c13-9-2-4-11(18)15(8-9)6-1-7-16-12(19)5-3-10(17)14-16/h2-5,8H,1,6-7,13H2,(H,14,17). The molecule has 0 bridgehead atoms. The van der Waals surface area contributed by atoms with E-state index in [-0.39, 0.29) is 16.7 Å². The number of aromatic amines is 1. The van der Waals surface area contributed by atoms with Crippen molar-refractivity contribution in [1.29, 1.82) is 0 Å². The maximum absolute atomic E-state index is 11.5. The number of rotatable bonds is 4. The molecule has 7 heteroatoms. The molecule has 0 saturated carbocycles. The first-order chi connectivity index (χ1) is 9.06. The van der Waals surface area contributed by atoms with Gasteiger partial charge in [-0.15, -0.1) is 0 Å². The molecule has 0 amide bonds. The van der Waals surface area contributed by atoms with Crippen LogP contribution in [0.25, 0.3) is 0 Å². The summed E-state index contributed by atoms with van der Waals surface area (Å²) in [4.78, 5) is 34.0. The Morgan fingerprint density at radius 2 is 1.74 bits per heavy atom. The molecule has 2 aromatic rings. The first-order valence-electron chi connectivity index (χ1n) is 5.82. The lowest BCUT2D eigenvalue weighted by Crippen LogP contribution is -2.29. The van der Waals surface area contributed by atoms with E-state index in [9.17, 15) is 14.4 Å². The minimum atomic E-state index is -0.333. The van der Waals surface area contributed by atoms with Crippen molar-refractivity contribution in [3.05, 3.63) is 61.5 Å². The fourth-order valence-corrected chi connectivity index (χ4v) is 1.75. The molecule has 0 aliphatic heterocycles. The molecule has 0 saturated heterocycles. The van der Waals surface area contributed by atoms with Crippen LogP contribution in [0.5, 0.6) is 0 Å². The minimum Gasteiger partial charge on any atom is -0.398 e. The topological polar surface area (TPSA) is 103 Å². The monoisotopic (exact) mass is 262 g/mol. The second-order valence-corrected chi connectivity index (χ2v) is 4.15. The number of nitrogens with zero attached hydrogens (tertiary/aromatic N) is 2. The third-order valence-electron chi connectivity index (χ3n) is 2.68. The lowest BCUT2D eigenvalue weighted by atomic mass is 10.3. The van der Waals surface area contributed by atoms with Gasteiger partial charge in [0.1, 0.15) is 0 Å². The van der Waals surface area contributed by atoms with Crippen molar-refractivity contribution in [1.82, 2.24) is 14.3 Å². The molecule has 0 spiro atoms.